The average Bonchev–Trinajstić information content (AvgIpc) is 3.40. The Bertz CT molecular complexity index is 1460. The quantitative estimate of drug-likeness (QED) is 0.476. The van der Waals surface area contributed by atoms with Crippen molar-refractivity contribution in [3.8, 4) is 5.75 Å². The average molecular weight is 528 g/mol. The van der Waals surface area contributed by atoms with Gasteiger partial charge in [0.15, 0.2) is 0 Å². The molecule has 3 aromatic carbocycles. The highest BCUT2D eigenvalue weighted by Crippen LogP contribution is 2.52. The number of rotatable bonds is 6. The van der Waals surface area contributed by atoms with Crippen LogP contribution in [0, 0.1) is 11.8 Å². The van der Waals surface area contributed by atoms with Crippen LogP contribution in [0.1, 0.15) is 22.7 Å². The van der Waals surface area contributed by atoms with Gasteiger partial charge in [0.25, 0.3) is 0 Å². The molecular weight excluding hydrogens is 502 g/mol. The molecule has 0 aromatic heterocycles. The molecule has 7 nitrogen and oxygen atoms in total. The summed E-state index contributed by atoms with van der Waals surface area (Å²) in [6, 6.07) is 21.2. The largest absolute Gasteiger partial charge is 0.495 e. The van der Waals surface area contributed by atoms with Gasteiger partial charge in [0.2, 0.25) is 17.7 Å². The molecule has 3 aliphatic rings. The molecule has 38 heavy (non-hydrogen) atoms. The second-order valence-corrected chi connectivity index (χ2v) is 10.2. The Hall–Kier alpha value is -4.10. The Labute approximate surface area is 225 Å². The number of hydrogen-bond donors (Lipinski definition) is 1. The molecule has 0 unspecified atom stereocenters. The van der Waals surface area contributed by atoms with Crippen LogP contribution in [0.3, 0.4) is 0 Å². The lowest BCUT2D eigenvalue weighted by Crippen LogP contribution is -2.46. The maximum Gasteiger partial charge on any atom is 0.248 e. The van der Waals surface area contributed by atoms with Crippen LogP contribution in [0.15, 0.2) is 79.0 Å². The number of carbonyl (C=O) groups is 3. The number of anilines is 1. The van der Waals surface area contributed by atoms with Crippen molar-refractivity contribution < 1.29 is 19.1 Å². The van der Waals surface area contributed by atoms with Crippen LogP contribution in [0.2, 0.25) is 5.02 Å². The van der Waals surface area contributed by atoms with Gasteiger partial charge < -0.3 is 15.0 Å². The summed E-state index contributed by atoms with van der Waals surface area (Å²) >= 11 is 6.19. The van der Waals surface area contributed by atoms with E-state index in [0.29, 0.717) is 22.9 Å². The third-order valence-corrected chi connectivity index (χ3v) is 7.94. The zero-order valence-corrected chi connectivity index (χ0v) is 21.5. The molecule has 6 rings (SSSR count). The minimum absolute atomic E-state index is 0.230. The number of methoxy groups -OCH3 is 1. The summed E-state index contributed by atoms with van der Waals surface area (Å²) < 4.78 is 5.40. The van der Waals surface area contributed by atoms with Crippen LogP contribution < -0.4 is 10.1 Å². The van der Waals surface area contributed by atoms with Crippen molar-refractivity contribution in [3.63, 3.8) is 0 Å². The van der Waals surface area contributed by atoms with Crippen LogP contribution in [0.4, 0.5) is 5.69 Å². The molecule has 2 saturated heterocycles. The fraction of sp³-hybridized carbons (Fsp3) is 0.233. The van der Waals surface area contributed by atoms with E-state index in [-0.39, 0.29) is 18.4 Å². The van der Waals surface area contributed by atoms with Gasteiger partial charge in [-0.1, -0.05) is 66.2 Å². The van der Waals surface area contributed by atoms with Crippen molar-refractivity contribution in [3.05, 3.63) is 101 Å². The topological polar surface area (TPSA) is 79.0 Å². The summed E-state index contributed by atoms with van der Waals surface area (Å²) in [6.07, 6.45) is 4.31. The Balaban J connectivity index is 1.36. The lowest BCUT2D eigenvalue weighted by molar-refractivity contribution is -0.142. The Morgan fingerprint density at radius 3 is 2.50 bits per heavy atom. The first-order valence-corrected chi connectivity index (χ1v) is 12.9. The van der Waals surface area contributed by atoms with Gasteiger partial charge in [-0.25, -0.2) is 0 Å². The Kier molecular flexibility index (Phi) is 6.16. The summed E-state index contributed by atoms with van der Waals surface area (Å²) in [7, 11) is 1.51. The number of halogens is 1. The molecule has 1 N–H and O–H groups in total. The summed E-state index contributed by atoms with van der Waals surface area (Å²) in [4.78, 5) is 44.8. The molecule has 3 aliphatic heterocycles. The summed E-state index contributed by atoms with van der Waals surface area (Å²) in [5.41, 5.74) is 3.36. The highest BCUT2D eigenvalue weighted by molar-refractivity contribution is 6.31. The lowest BCUT2D eigenvalue weighted by atomic mass is 9.84. The predicted octanol–water partition coefficient (Wildman–Crippen LogP) is 4.54. The molecular formula is C30H26ClN3O4. The number of nitrogens with one attached hydrogen (secondary N) is 1. The molecule has 0 bridgehead atoms. The number of likely N-dealkylation sites (tertiary alicyclic amines) is 1. The molecule has 3 heterocycles. The van der Waals surface area contributed by atoms with Gasteiger partial charge in [-0.05, 0) is 47.4 Å². The van der Waals surface area contributed by atoms with Crippen molar-refractivity contribution in [2.45, 2.75) is 18.5 Å². The predicted molar refractivity (Wildman–Crippen MR) is 144 cm³/mol. The second-order valence-electron chi connectivity index (χ2n) is 9.73. The molecule has 4 atom stereocenters. The van der Waals surface area contributed by atoms with E-state index in [2.05, 4.69) is 5.32 Å². The summed E-state index contributed by atoms with van der Waals surface area (Å²) in [5.74, 6) is -1.96. The van der Waals surface area contributed by atoms with Crippen molar-refractivity contribution in [2.24, 2.45) is 11.8 Å². The Morgan fingerprint density at radius 2 is 1.71 bits per heavy atom. The van der Waals surface area contributed by atoms with Crippen molar-refractivity contribution in [1.29, 1.82) is 0 Å². The molecule has 3 amide bonds. The number of fused-ring (bicyclic) bond motifs is 5. The van der Waals surface area contributed by atoms with E-state index in [1.54, 1.807) is 18.2 Å². The lowest BCUT2D eigenvalue weighted by Gasteiger charge is -2.35. The minimum Gasteiger partial charge on any atom is -0.495 e. The first-order chi connectivity index (χ1) is 18.5. The van der Waals surface area contributed by atoms with Gasteiger partial charge >= 0.3 is 0 Å². The monoisotopic (exact) mass is 527 g/mol. The van der Waals surface area contributed by atoms with E-state index in [0.717, 1.165) is 16.7 Å². The number of carbonyl (C=O) groups excluding carboxylic acids is 3. The highest BCUT2D eigenvalue weighted by Gasteiger charge is 2.64. The molecule has 0 aliphatic carbocycles. The summed E-state index contributed by atoms with van der Waals surface area (Å²) in [5, 5.41) is 3.36. The second kappa shape index (κ2) is 9.65. The standard InChI is InChI=1S/C30H26ClN3O4/c1-38-23-12-11-20(31)17-22(23)32-28(35)27-25-24(26-21-10-6-5-9-19(21)14-16-33(26)27)29(36)34(30(25)37)15-13-18-7-3-2-4-8-18/h2-12,14,16-17,24-27H,13,15H2,1H3,(H,32,35)/t24-,25+,26+,27-/m0/s1. The van der Waals surface area contributed by atoms with Gasteiger partial charge in [0.05, 0.1) is 30.7 Å². The maximum absolute atomic E-state index is 13.9. The smallest absolute Gasteiger partial charge is 0.248 e. The van der Waals surface area contributed by atoms with Crippen LogP contribution in [0.5, 0.6) is 5.75 Å². The van der Waals surface area contributed by atoms with Crippen molar-refractivity contribution >= 4 is 41.1 Å². The third-order valence-electron chi connectivity index (χ3n) is 7.71. The third kappa shape index (κ3) is 3.94. The number of hydrogen-bond acceptors (Lipinski definition) is 5. The molecule has 0 spiro atoms. The van der Waals surface area contributed by atoms with E-state index < -0.39 is 29.8 Å². The first-order valence-electron chi connectivity index (χ1n) is 12.6. The van der Waals surface area contributed by atoms with Crippen molar-refractivity contribution in [1.82, 2.24) is 9.80 Å². The molecule has 2 fully saturated rings. The normalized spacial score (nSPS) is 23.2. The van der Waals surface area contributed by atoms with Crippen molar-refractivity contribution in [2.75, 3.05) is 19.0 Å². The maximum atomic E-state index is 13.9. The van der Waals surface area contributed by atoms with Gasteiger partial charge in [-0.15, -0.1) is 0 Å². The fourth-order valence-electron chi connectivity index (χ4n) is 6.01. The molecule has 192 valence electrons. The van der Waals surface area contributed by atoms with Crippen LogP contribution >= 0.6 is 11.6 Å². The SMILES string of the molecule is COc1ccc(Cl)cc1NC(=O)[C@@H]1[C@@H]2C(=O)N(CCc3ccccc3)C(=O)[C@@H]2[C@H]2c3ccccc3C=CN12. The highest BCUT2D eigenvalue weighted by atomic mass is 35.5. The van der Waals surface area contributed by atoms with E-state index in [4.69, 9.17) is 16.3 Å². The molecule has 8 heteroatoms. The van der Waals surface area contributed by atoms with E-state index >= 15 is 0 Å². The van der Waals surface area contributed by atoms with E-state index in [9.17, 15) is 14.4 Å². The van der Waals surface area contributed by atoms with E-state index in [1.807, 2.05) is 71.8 Å². The molecule has 3 aromatic rings. The zero-order chi connectivity index (χ0) is 26.4. The van der Waals surface area contributed by atoms with Gasteiger partial charge in [0.1, 0.15) is 11.8 Å². The number of benzene rings is 3. The molecule has 0 radical (unpaired) electrons. The molecule has 0 saturated carbocycles. The first kappa shape index (κ1) is 24.2. The summed E-state index contributed by atoms with van der Waals surface area (Å²) in [6.45, 7) is 0.273. The number of imide groups is 1. The minimum atomic E-state index is -0.878. The van der Waals surface area contributed by atoms with E-state index in [1.165, 1.54) is 12.0 Å². The number of ether oxygens (including phenoxy) is 1. The van der Waals surface area contributed by atoms with Gasteiger partial charge in [0, 0.05) is 17.8 Å². The Morgan fingerprint density at radius 1 is 0.974 bits per heavy atom. The van der Waals surface area contributed by atoms with Gasteiger partial charge in [-0.3, -0.25) is 19.3 Å². The van der Waals surface area contributed by atoms with Gasteiger partial charge in [-0.2, -0.15) is 0 Å². The number of nitrogens with zero attached hydrogens (tertiary/aromatic N) is 2. The number of amides is 3. The van der Waals surface area contributed by atoms with Crippen LogP contribution in [0.25, 0.3) is 6.08 Å². The van der Waals surface area contributed by atoms with Crippen LogP contribution in [-0.4, -0.2) is 47.2 Å². The zero-order valence-electron chi connectivity index (χ0n) is 20.7. The van der Waals surface area contributed by atoms with Crippen LogP contribution in [-0.2, 0) is 20.8 Å². The fourth-order valence-corrected chi connectivity index (χ4v) is 6.18.